The minimum atomic E-state index is -0.930. The molecule has 0 amide bonds. The first-order valence-corrected chi connectivity index (χ1v) is 19.5. The lowest BCUT2D eigenvalue weighted by atomic mass is 9.52. The molecule has 0 saturated heterocycles. The third-order valence-corrected chi connectivity index (χ3v) is 12.5. The van der Waals surface area contributed by atoms with Crippen molar-refractivity contribution in [1.29, 1.82) is 0 Å². The summed E-state index contributed by atoms with van der Waals surface area (Å²) in [4.78, 5) is 0. The fourth-order valence-electron chi connectivity index (χ4n) is 11.0. The van der Waals surface area contributed by atoms with Gasteiger partial charge in [0.2, 0.25) is 0 Å². The normalized spacial score (nSPS) is 17.9. The number of rotatable bonds is 6. The second kappa shape index (κ2) is 12.5. The minimum Gasteiger partial charge on any atom is -0.497 e. The molecule has 1 spiro atoms. The van der Waals surface area contributed by atoms with Gasteiger partial charge in [-0.3, -0.25) is 0 Å². The molecule has 0 unspecified atom stereocenters. The van der Waals surface area contributed by atoms with Crippen molar-refractivity contribution in [3.8, 4) is 45.3 Å². The molecule has 1 saturated carbocycles. The van der Waals surface area contributed by atoms with Gasteiger partial charge in [-0.1, -0.05) is 112 Å². The van der Waals surface area contributed by atoms with Crippen LogP contribution in [0.4, 0.5) is 0 Å². The van der Waals surface area contributed by atoms with Gasteiger partial charge in [0.05, 0.1) is 21.3 Å². The number of hydrogen-bond acceptors (Lipinski definition) is 4. The zero-order valence-electron chi connectivity index (χ0n) is 33.3. The Balaban J connectivity index is 1.41. The Morgan fingerprint density at radius 3 is 1.78 bits per heavy atom. The Bertz CT molecular complexity index is 2420. The molecule has 6 aromatic rings. The molecule has 0 N–H and O–H groups in total. The maximum Gasteiger partial charge on any atom is 0.178 e. The first-order valence-electron chi connectivity index (χ1n) is 19.5. The van der Waals surface area contributed by atoms with E-state index in [1.165, 1.54) is 39.8 Å². The predicted octanol–water partition coefficient (Wildman–Crippen LogP) is 12.7. The highest BCUT2D eigenvalue weighted by molar-refractivity contribution is 6.10. The second-order valence-corrected chi connectivity index (χ2v) is 17.6. The van der Waals surface area contributed by atoms with E-state index in [4.69, 9.17) is 18.9 Å². The number of methoxy groups -OCH3 is 3. The smallest absolute Gasteiger partial charge is 0.178 e. The molecule has 2 aliphatic carbocycles. The summed E-state index contributed by atoms with van der Waals surface area (Å²) in [5.74, 6) is 3.35. The average molecular weight is 727 g/mol. The number of ether oxygens (including phenoxy) is 4. The van der Waals surface area contributed by atoms with Crippen LogP contribution in [0.25, 0.3) is 39.1 Å². The molecule has 9 rings (SSSR count). The molecule has 55 heavy (non-hydrogen) atoms. The van der Waals surface area contributed by atoms with Crippen molar-refractivity contribution in [3.63, 3.8) is 0 Å². The van der Waals surface area contributed by atoms with Crippen molar-refractivity contribution >= 4 is 16.8 Å². The number of aryl methyl sites for hydroxylation is 1. The van der Waals surface area contributed by atoms with Crippen LogP contribution in [0.3, 0.4) is 0 Å². The van der Waals surface area contributed by atoms with Crippen molar-refractivity contribution in [2.45, 2.75) is 64.9 Å². The molecule has 4 heteroatoms. The van der Waals surface area contributed by atoms with Gasteiger partial charge in [-0.2, -0.15) is 0 Å². The van der Waals surface area contributed by atoms with Crippen LogP contribution in [0.15, 0.2) is 115 Å². The molecule has 0 aromatic heterocycles. The first kappa shape index (κ1) is 35.2. The Kier molecular flexibility index (Phi) is 8.03. The lowest BCUT2D eigenvalue weighted by molar-refractivity contribution is 0.0642. The van der Waals surface area contributed by atoms with E-state index in [1.807, 2.05) is 24.3 Å². The highest BCUT2D eigenvalue weighted by Crippen LogP contribution is 2.67. The van der Waals surface area contributed by atoms with Crippen LogP contribution >= 0.6 is 0 Å². The molecule has 1 fully saturated rings. The maximum atomic E-state index is 7.79. The van der Waals surface area contributed by atoms with Gasteiger partial charge in [-0.15, -0.1) is 0 Å². The van der Waals surface area contributed by atoms with Gasteiger partial charge in [0.25, 0.3) is 0 Å². The molecular weight excluding hydrogens is 677 g/mol. The third-order valence-electron chi connectivity index (χ3n) is 12.5. The maximum absolute atomic E-state index is 7.79. The standard InChI is InChI=1S/C51H50O4/c1-32-13-15-33(16-14-32)40-27-42-41(28-44(40)54-8)45-38-11-9-10-12-43(38)50(30-48(2,3)29-49(4,5)31-50)46(45)39-25-26-51(55-47(39)42,34-17-21-36(52-6)22-18-34)35-19-23-37(53-7)24-20-35/h9-28H,29-31H2,1-8H3. The summed E-state index contributed by atoms with van der Waals surface area (Å²) in [6, 6.07) is 39.1. The highest BCUT2D eigenvalue weighted by Gasteiger charge is 2.55. The summed E-state index contributed by atoms with van der Waals surface area (Å²) >= 11 is 0. The van der Waals surface area contributed by atoms with E-state index in [9.17, 15) is 0 Å². The van der Waals surface area contributed by atoms with Gasteiger partial charge in [-0.25, -0.2) is 0 Å². The van der Waals surface area contributed by atoms with Gasteiger partial charge in [0.1, 0.15) is 23.0 Å². The van der Waals surface area contributed by atoms with E-state index >= 15 is 0 Å². The molecule has 1 aliphatic heterocycles. The zero-order chi connectivity index (χ0) is 38.3. The van der Waals surface area contributed by atoms with Crippen LogP contribution in [0, 0.1) is 17.8 Å². The van der Waals surface area contributed by atoms with Gasteiger partial charge in [0.15, 0.2) is 5.60 Å². The highest BCUT2D eigenvalue weighted by atomic mass is 16.5. The van der Waals surface area contributed by atoms with Crippen molar-refractivity contribution in [2.24, 2.45) is 10.8 Å². The molecular formula is C51H50O4. The Labute approximate surface area is 325 Å². The number of benzene rings is 6. The fraction of sp³-hybridized carbons (Fsp3) is 0.294. The van der Waals surface area contributed by atoms with Crippen LogP contribution in [0.5, 0.6) is 23.0 Å². The monoisotopic (exact) mass is 726 g/mol. The van der Waals surface area contributed by atoms with Gasteiger partial charge in [-0.05, 0) is 113 Å². The summed E-state index contributed by atoms with van der Waals surface area (Å²) in [5, 5.41) is 2.22. The van der Waals surface area contributed by atoms with Crippen LogP contribution in [0.2, 0.25) is 0 Å². The lowest BCUT2D eigenvalue weighted by Gasteiger charge is -2.52. The van der Waals surface area contributed by atoms with E-state index in [-0.39, 0.29) is 16.2 Å². The molecule has 0 radical (unpaired) electrons. The van der Waals surface area contributed by atoms with E-state index in [0.717, 1.165) is 68.9 Å². The Morgan fingerprint density at radius 1 is 0.600 bits per heavy atom. The van der Waals surface area contributed by atoms with E-state index < -0.39 is 5.60 Å². The molecule has 0 bridgehead atoms. The molecule has 3 aliphatic rings. The van der Waals surface area contributed by atoms with Gasteiger partial charge >= 0.3 is 0 Å². The largest absolute Gasteiger partial charge is 0.497 e. The van der Waals surface area contributed by atoms with E-state index in [0.29, 0.717) is 0 Å². The second-order valence-electron chi connectivity index (χ2n) is 17.6. The quantitative estimate of drug-likeness (QED) is 0.171. The van der Waals surface area contributed by atoms with Gasteiger partial charge in [0, 0.05) is 33.1 Å². The average Bonchev–Trinajstić information content (AvgIpc) is 3.44. The van der Waals surface area contributed by atoms with Crippen LogP contribution in [-0.4, -0.2) is 21.3 Å². The SMILES string of the molecule is COc1ccc(C2(c3ccc(OC)cc3)C=Cc3c4c(c5cc(OC)c(-c6ccc(C)cc6)cc5c3O2)-c2ccccc2C42CC(C)(C)CC(C)(C)C2)cc1. The summed E-state index contributed by atoms with van der Waals surface area (Å²) < 4.78 is 25.3. The Hall–Kier alpha value is -5.48. The van der Waals surface area contributed by atoms with E-state index in [2.05, 4.69) is 132 Å². The summed E-state index contributed by atoms with van der Waals surface area (Å²) in [6.07, 6.45) is 7.95. The summed E-state index contributed by atoms with van der Waals surface area (Å²) in [5.41, 5.74) is 11.1. The van der Waals surface area contributed by atoms with Gasteiger partial charge < -0.3 is 18.9 Å². The van der Waals surface area contributed by atoms with Crippen molar-refractivity contribution < 1.29 is 18.9 Å². The Morgan fingerprint density at radius 2 is 1.20 bits per heavy atom. The van der Waals surface area contributed by atoms with Crippen LogP contribution < -0.4 is 18.9 Å². The molecule has 0 atom stereocenters. The molecule has 6 aromatic carbocycles. The minimum absolute atomic E-state index is 0.125. The van der Waals surface area contributed by atoms with Crippen molar-refractivity contribution in [1.82, 2.24) is 0 Å². The fourth-order valence-corrected chi connectivity index (χ4v) is 11.0. The molecule has 4 nitrogen and oxygen atoms in total. The lowest BCUT2D eigenvalue weighted by Crippen LogP contribution is -2.44. The van der Waals surface area contributed by atoms with Crippen LogP contribution in [0.1, 0.15) is 80.3 Å². The number of hydrogen-bond donors (Lipinski definition) is 0. The summed E-state index contributed by atoms with van der Waals surface area (Å²) in [6.45, 7) is 12.0. The number of fused-ring (bicyclic) bond motifs is 10. The zero-order valence-corrected chi connectivity index (χ0v) is 33.3. The van der Waals surface area contributed by atoms with E-state index in [1.54, 1.807) is 21.3 Å². The van der Waals surface area contributed by atoms with Crippen molar-refractivity contribution in [2.75, 3.05) is 21.3 Å². The molecule has 1 heterocycles. The van der Waals surface area contributed by atoms with Crippen molar-refractivity contribution in [3.05, 3.63) is 149 Å². The van der Waals surface area contributed by atoms with Crippen LogP contribution in [-0.2, 0) is 11.0 Å². The predicted molar refractivity (Wildman–Crippen MR) is 225 cm³/mol. The topological polar surface area (TPSA) is 36.9 Å². The molecule has 278 valence electrons. The summed E-state index contributed by atoms with van der Waals surface area (Å²) in [7, 11) is 5.20. The third kappa shape index (κ3) is 5.47. The first-order chi connectivity index (χ1) is 26.4.